The molecule has 0 aliphatic rings. The Morgan fingerprint density at radius 2 is 1.68 bits per heavy atom. The molecule has 0 heterocycles. The number of carbonyl (C=O) groups excluding carboxylic acids is 1. The lowest BCUT2D eigenvalue weighted by atomic mass is 9.75. The van der Waals surface area contributed by atoms with Crippen molar-refractivity contribution in [3.63, 3.8) is 0 Å². The van der Waals surface area contributed by atoms with Gasteiger partial charge in [0.25, 0.3) is 0 Å². The number of para-hydroxylation sites is 1. The van der Waals surface area contributed by atoms with E-state index in [0.717, 1.165) is 0 Å². The predicted octanol–water partition coefficient (Wildman–Crippen LogP) is 4.18. The molecule has 0 atom stereocenters. The maximum absolute atomic E-state index is 12.0. The van der Waals surface area contributed by atoms with Gasteiger partial charge in [0.2, 0.25) is 0 Å². The zero-order valence-corrected chi connectivity index (χ0v) is 13.9. The van der Waals surface area contributed by atoms with Crippen LogP contribution in [-0.2, 0) is 14.9 Å². The Labute approximate surface area is 131 Å². The van der Waals surface area contributed by atoms with E-state index >= 15 is 0 Å². The van der Waals surface area contributed by atoms with Crippen LogP contribution in [0.25, 0.3) is 0 Å². The Hall–Kier alpha value is -2.04. The van der Waals surface area contributed by atoms with Gasteiger partial charge in [-0.1, -0.05) is 32.0 Å². The van der Waals surface area contributed by atoms with E-state index in [2.05, 4.69) is 5.32 Å². The van der Waals surface area contributed by atoms with E-state index < -0.39 is 23.1 Å². The topological polar surface area (TPSA) is 75.6 Å². The lowest BCUT2D eigenvalue weighted by Crippen LogP contribution is -2.36. The van der Waals surface area contributed by atoms with Crippen LogP contribution >= 0.6 is 0 Å². The number of anilines is 1. The summed E-state index contributed by atoms with van der Waals surface area (Å²) in [7, 11) is 0. The molecule has 0 radical (unpaired) electrons. The summed E-state index contributed by atoms with van der Waals surface area (Å²) in [6, 6.07) is 6.98. The summed E-state index contributed by atoms with van der Waals surface area (Å²) < 4.78 is 5.24. The number of nitrogens with one attached hydrogen (secondary N) is 1. The highest BCUT2D eigenvalue weighted by molar-refractivity contribution is 5.90. The standard InChI is InChI=1S/C17H25NO4/c1-6-17(7-2,14(19)20)12-10-8-9-11-13(12)18-15(21)22-16(3,4)5/h8-11H,6-7H2,1-5H3,(H,18,21)(H,19,20). The van der Waals surface area contributed by atoms with Crippen LogP contribution in [0, 0.1) is 0 Å². The molecule has 0 unspecified atom stereocenters. The molecule has 0 saturated carbocycles. The van der Waals surface area contributed by atoms with Gasteiger partial charge >= 0.3 is 12.1 Å². The van der Waals surface area contributed by atoms with E-state index in [9.17, 15) is 14.7 Å². The molecule has 22 heavy (non-hydrogen) atoms. The third-order valence-corrected chi connectivity index (χ3v) is 3.69. The van der Waals surface area contributed by atoms with Crippen molar-refractivity contribution < 1.29 is 19.4 Å². The molecule has 1 amide bonds. The number of carboxylic acid groups (broad SMARTS) is 1. The SMILES string of the molecule is CCC(CC)(C(=O)O)c1ccccc1NC(=O)OC(C)(C)C. The van der Waals surface area contributed by atoms with E-state index in [-0.39, 0.29) is 0 Å². The van der Waals surface area contributed by atoms with Crippen molar-refractivity contribution in [2.24, 2.45) is 0 Å². The van der Waals surface area contributed by atoms with Crippen molar-refractivity contribution in [2.75, 3.05) is 5.32 Å². The fourth-order valence-corrected chi connectivity index (χ4v) is 2.47. The molecule has 122 valence electrons. The maximum atomic E-state index is 12.0. The third kappa shape index (κ3) is 4.00. The second-order valence-corrected chi connectivity index (χ2v) is 6.27. The second-order valence-electron chi connectivity index (χ2n) is 6.27. The van der Waals surface area contributed by atoms with Crippen LogP contribution in [0.15, 0.2) is 24.3 Å². The molecule has 0 fully saturated rings. The lowest BCUT2D eigenvalue weighted by molar-refractivity contribution is -0.144. The maximum Gasteiger partial charge on any atom is 0.412 e. The largest absolute Gasteiger partial charge is 0.481 e. The summed E-state index contributed by atoms with van der Waals surface area (Å²) in [6.45, 7) is 9.00. The number of carboxylic acids is 1. The first-order valence-electron chi connectivity index (χ1n) is 7.49. The molecule has 0 aromatic heterocycles. The van der Waals surface area contributed by atoms with Crippen molar-refractivity contribution in [3.8, 4) is 0 Å². The van der Waals surface area contributed by atoms with Crippen molar-refractivity contribution in [1.82, 2.24) is 0 Å². The number of hydrogen-bond acceptors (Lipinski definition) is 3. The highest BCUT2D eigenvalue weighted by atomic mass is 16.6. The molecule has 0 bridgehead atoms. The fourth-order valence-electron chi connectivity index (χ4n) is 2.47. The normalized spacial score (nSPS) is 11.9. The summed E-state index contributed by atoms with van der Waals surface area (Å²) in [6.07, 6.45) is 0.281. The summed E-state index contributed by atoms with van der Waals surface area (Å²) in [4.78, 5) is 23.8. The fraction of sp³-hybridized carbons (Fsp3) is 0.529. The lowest BCUT2D eigenvalue weighted by Gasteiger charge is -2.30. The third-order valence-electron chi connectivity index (χ3n) is 3.69. The molecule has 0 aliphatic heterocycles. The van der Waals surface area contributed by atoms with E-state index in [1.807, 2.05) is 13.8 Å². The number of carbonyl (C=O) groups is 2. The quantitative estimate of drug-likeness (QED) is 0.855. The smallest absolute Gasteiger partial charge is 0.412 e. The Kier molecular flexibility index (Phi) is 5.58. The van der Waals surface area contributed by atoms with E-state index in [4.69, 9.17) is 4.74 Å². The molecule has 5 nitrogen and oxygen atoms in total. The van der Waals surface area contributed by atoms with Crippen LogP contribution in [0.4, 0.5) is 10.5 Å². The molecule has 2 N–H and O–H groups in total. The van der Waals surface area contributed by atoms with Gasteiger partial charge in [0.15, 0.2) is 0 Å². The number of hydrogen-bond donors (Lipinski definition) is 2. The van der Waals surface area contributed by atoms with Gasteiger partial charge in [0.05, 0.1) is 5.41 Å². The van der Waals surface area contributed by atoms with Crippen molar-refractivity contribution in [1.29, 1.82) is 0 Å². The Morgan fingerprint density at radius 1 is 1.14 bits per heavy atom. The summed E-state index contributed by atoms with van der Waals surface area (Å²) in [5, 5.41) is 12.3. The Bertz CT molecular complexity index is 542. The van der Waals surface area contributed by atoms with Crippen LogP contribution in [0.1, 0.15) is 53.0 Å². The number of rotatable bonds is 5. The molecule has 0 spiro atoms. The predicted molar refractivity (Wildman–Crippen MR) is 86.2 cm³/mol. The minimum atomic E-state index is -1.02. The van der Waals surface area contributed by atoms with E-state index in [1.54, 1.807) is 45.0 Å². The average Bonchev–Trinajstić information content (AvgIpc) is 2.40. The number of ether oxygens (including phenoxy) is 1. The van der Waals surface area contributed by atoms with Gasteiger partial charge in [0, 0.05) is 5.69 Å². The van der Waals surface area contributed by atoms with Gasteiger partial charge < -0.3 is 9.84 Å². The first kappa shape index (κ1) is 18.0. The zero-order chi connectivity index (χ0) is 17.0. The van der Waals surface area contributed by atoms with Crippen LogP contribution in [0.3, 0.4) is 0 Å². The summed E-state index contributed by atoms with van der Waals surface area (Å²) in [5.41, 5.74) is -0.564. The van der Waals surface area contributed by atoms with Crippen molar-refractivity contribution >= 4 is 17.7 Å². The number of benzene rings is 1. The van der Waals surface area contributed by atoms with E-state index in [0.29, 0.717) is 24.1 Å². The van der Waals surface area contributed by atoms with Gasteiger partial charge in [-0.3, -0.25) is 10.1 Å². The number of aliphatic carboxylic acids is 1. The molecule has 0 aliphatic carbocycles. The van der Waals surface area contributed by atoms with Gasteiger partial charge in [-0.15, -0.1) is 0 Å². The minimum Gasteiger partial charge on any atom is -0.481 e. The molecular weight excluding hydrogens is 282 g/mol. The Balaban J connectivity index is 3.19. The van der Waals surface area contributed by atoms with Gasteiger partial charge in [0.1, 0.15) is 5.60 Å². The molecule has 0 saturated heterocycles. The number of amides is 1. The first-order chi connectivity index (χ1) is 10.2. The second kappa shape index (κ2) is 6.81. The van der Waals surface area contributed by atoms with Gasteiger partial charge in [-0.2, -0.15) is 0 Å². The van der Waals surface area contributed by atoms with Crippen LogP contribution < -0.4 is 5.32 Å². The van der Waals surface area contributed by atoms with Crippen molar-refractivity contribution in [3.05, 3.63) is 29.8 Å². The molecule has 1 aromatic carbocycles. The Morgan fingerprint density at radius 3 is 2.14 bits per heavy atom. The summed E-state index contributed by atoms with van der Waals surface area (Å²) >= 11 is 0. The summed E-state index contributed by atoms with van der Waals surface area (Å²) in [5.74, 6) is -0.893. The molecule has 5 heteroatoms. The zero-order valence-electron chi connectivity index (χ0n) is 13.9. The highest BCUT2D eigenvalue weighted by Gasteiger charge is 2.38. The molecule has 1 aromatic rings. The van der Waals surface area contributed by atoms with Gasteiger partial charge in [-0.25, -0.2) is 4.79 Å². The van der Waals surface area contributed by atoms with Crippen LogP contribution in [-0.4, -0.2) is 22.8 Å². The minimum absolute atomic E-state index is 0.436. The van der Waals surface area contributed by atoms with Crippen LogP contribution in [0.2, 0.25) is 0 Å². The van der Waals surface area contributed by atoms with E-state index in [1.165, 1.54) is 0 Å². The van der Waals surface area contributed by atoms with Crippen LogP contribution in [0.5, 0.6) is 0 Å². The monoisotopic (exact) mass is 307 g/mol. The van der Waals surface area contributed by atoms with Gasteiger partial charge in [-0.05, 0) is 45.2 Å². The first-order valence-corrected chi connectivity index (χ1v) is 7.49. The highest BCUT2D eigenvalue weighted by Crippen LogP contribution is 2.36. The average molecular weight is 307 g/mol. The van der Waals surface area contributed by atoms with Crippen molar-refractivity contribution in [2.45, 2.75) is 58.5 Å². The molecular formula is C17H25NO4. The molecule has 1 rings (SSSR count).